The summed E-state index contributed by atoms with van der Waals surface area (Å²) in [5.41, 5.74) is 5.71. The monoisotopic (exact) mass is 297 g/mol. The van der Waals surface area contributed by atoms with Crippen LogP contribution in [0.25, 0.3) is 0 Å². The van der Waals surface area contributed by atoms with Gasteiger partial charge in [-0.1, -0.05) is 11.8 Å². The van der Waals surface area contributed by atoms with Crippen molar-refractivity contribution < 1.29 is 9.53 Å². The number of nitrogens with two attached hydrogens (primary N) is 1. The molecule has 1 aliphatic heterocycles. The maximum Gasteiger partial charge on any atom is 0.316 e. The van der Waals surface area contributed by atoms with Crippen molar-refractivity contribution in [1.82, 2.24) is 15.0 Å². The number of aromatic nitrogens is 3. The van der Waals surface area contributed by atoms with Crippen LogP contribution in [-0.4, -0.2) is 46.4 Å². The van der Waals surface area contributed by atoms with Crippen molar-refractivity contribution in [2.45, 2.75) is 31.3 Å². The van der Waals surface area contributed by atoms with Gasteiger partial charge in [0.05, 0.1) is 12.4 Å². The number of anilines is 2. The Balaban J connectivity index is 2.02. The summed E-state index contributed by atoms with van der Waals surface area (Å²) in [6.45, 7) is 4.02. The molecule has 0 saturated carbocycles. The highest BCUT2D eigenvalue weighted by atomic mass is 32.2. The average molecular weight is 297 g/mol. The van der Waals surface area contributed by atoms with Gasteiger partial charge in [0.2, 0.25) is 11.9 Å². The summed E-state index contributed by atoms with van der Waals surface area (Å²) in [6, 6.07) is 0. The van der Waals surface area contributed by atoms with Crippen LogP contribution in [0.15, 0.2) is 5.16 Å². The summed E-state index contributed by atoms with van der Waals surface area (Å²) in [4.78, 5) is 26.0. The SMILES string of the molecule is CCOC(=O)CSc1nc(N)nc(N2CCCCC2)n1. The number of carbonyl (C=O) groups excluding carboxylic acids is 1. The van der Waals surface area contributed by atoms with E-state index in [-0.39, 0.29) is 17.7 Å². The molecule has 0 unspecified atom stereocenters. The zero-order valence-electron chi connectivity index (χ0n) is 11.5. The number of esters is 1. The van der Waals surface area contributed by atoms with E-state index in [1.165, 1.54) is 18.2 Å². The molecule has 0 spiro atoms. The molecule has 1 aromatic heterocycles. The van der Waals surface area contributed by atoms with Crippen LogP contribution in [0.5, 0.6) is 0 Å². The number of hydrogen-bond donors (Lipinski definition) is 1. The van der Waals surface area contributed by atoms with Gasteiger partial charge in [0, 0.05) is 13.1 Å². The number of piperidine rings is 1. The maximum atomic E-state index is 11.3. The van der Waals surface area contributed by atoms with Gasteiger partial charge in [-0.05, 0) is 26.2 Å². The van der Waals surface area contributed by atoms with Crippen molar-refractivity contribution in [3.05, 3.63) is 0 Å². The molecule has 1 aliphatic rings. The van der Waals surface area contributed by atoms with Crippen LogP contribution in [0, 0.1) is 0 Å². The number of rotatable bonds is 5. The molecule has 7 nitrogen and oxygen atoms in total. The Bertz CT molecular complexity index is 465. The average Bonchev–Trinajstić information content (AvgIpc) is 2.46. The van der Waals surface area contributed by atoms with Crippen molar-refractivity contribution >= 4 is 29.6 Å². The largest absolute Gasteiger partial charge is 0.465 e. The fourth-order valence-electron chi connectivity index (χ4n) is 1.99. The zero-order valence-corrected chi connectivity index (χ0v) is 12.4. The van der Waals surface area contributed by atoms with Crippen LogP contribution in [0.2, 0.25) is 0 Å². The Morgan fingerprint density at radius 2 is 2.05 bits per heavy atom. The summed E-state index contributed by atoms with van der Waals surface area (Å²) in [7, 11) is 0. The molecule has 2 rings (SSSR count). The van der Waals surface area contributed by atoms with E-state index in [4.69, 9.17) is 10.5 Å². The van der Waals surface area contributed by atoms with Crippen LogP contribution in [0.1, 0.15) is 26.2 Å². The van der Waals surface area contributed by atoms with Gasteiger partial charge in [0.15, 0.2) is 5.16 Å². The minimum atomic E-state index is -0.281. The summed E-state index contributed by atoms with van der Waals surface area (Å²) < 4.78 is 4.87. The fourth-order valence-corrected chi connectivity index (χ4v) is 2.62. The Hall–Kier alpha value is -1.57. The molecule has 0 atom stereocenters. The van der Waals surface area contributed by atoms with E-state index in [1.807, 2.05) is 0 Å². The van der Waals surface area contributed by atoms with Gasteiger partial charge >= 0.3 is 5.97 Å². The molecule has 2 N–H and O–H groups in total. The summed E-state index contributed by atoms with van der Waals surface area (Å²) in [6.07, 6.45) is 3.51. The van der Waals surface area contributed by atoms with Crippen LogP contribution < -0.4 is 10.6 Å². The molecule has 1 fully saturated rings. The highest BCUT2D eigenvalue weighted by Gasteiger charge is 2.16. The Kier molecular flexibility index (Phi) is 5.40. The van der Waals surface area contributed by atoms with Crippen molar-refractivity contribution in [2.24, 2.45) is 0 Å². The first-order valence-corrected chi connectivity index (χ1v) is 7.72. The molecular formula is C12H19N5O2S. The predicted molar refractivity (Wildman–Crippen MR) is 77.7 cm³/mol. The quantitative estimate of drug-likeness (QED) is 0.638. The Morgan fingerprint density at radius 1 is 1.30 bits per heavy atom. The molecule has 8 heteroatoms. The van der Waals surface area contributed by atoms with Gasteiger partial charge < -0.3 is 15.4 Å². The molecule has 0 bridgehead atoms. The van der Waals surface area contributed by atoms with E-state index < -0.39 is 0 Å². The number of ether oxygens (including phenoxy) is 1. The van der Waals surface area contributed by atoms with E-state index >= 15 is 0 Å². The van der Waals surface area contributed by atoms with Crippen LogP contribution in [0.3, 0.4) is 0 Å². The first-order chi connectivity index (χ1) is 9.69. The molecule has 20 heavy (non-hydrogen) atoms. The van der Waals surface area contributed by atoms with Crippen molar-refractivity contribution in [3.63, 3.8) is 0 Å². The lowest BCUT2D eigenvalue weighted by molar-refractivity contribution is -0.139. The highest BCUT2D eigenvalue weighted by molar-refractivity contribution is 7.99. The predicted octanol–water partition coefficient (Wildman–Crippen LogP) is 1.10. The molecule has 0 aliphatic carbocycles. The van der Waals surface area contributed by atoms with E-state index in [0.717, 1.165) is 25.9 Å². The lowest BCUT2D eigenvalue weighted by Crippen LogP contribution is -2.31. The number of carbonyl (C=O) groups is 1. The van der Waals surface area contributed by atoms with Crippen LogP contribution >= 0.6 is 11.8 Å². The number of nitrogen functional groups attached to an aromatic ring is 1. The Morgan fingerprint density at radius 3 is 2.75 bits per heavy atom. The zero-order chi connectivity index (χ0) is 14.4. The standard InChI is InChI=1S/C12H19N5O2S/c1-2-19-9(18)8-20-12-15-10(13)14-11(16-12)17-6-4-3-5-7-17/h2-8H2,1H3,(H2,13,14,15,16). The lowest BCUT2D eigenvalue weighted by atomic mass is 10.1. The van der Waals surface area contributed by atoms with E-state index in [1.54, 1.807) is 6.92 Å². The number of thioether (sulfide) groups is 1. The second-order valence-electron chi connectivity index (χ2n) is 4.42. The van der Waals surface area contributed by atoms with Gasteiger partial charge in [-0.25, -0.2) is 0 Å². The molecule has 0 aromatic carbocycles. The van der Waals surface area contributed by atoms with Crippen molar-refractivity contribution in [1.29, 1.82) is 0 Å². The highest BCUT2D eigenvalue weighted by Crippen LogP contribution is 2.20. The second kappa shape index (κ2) is 7.28. The van der Waals surface area contributed by atoms with Gasteiger partial charge in [0.25, 0.3) is 0 Å². The van der Waals surface area contributed by atoms with Gasteiger partial charge in [-0.15, -0.1) is 0 Å². The molecule has 0 amide bonds. The van der Waals surface area contributed by atoms with Crippen molar-refractivity contribution in [3.8, 4) is 0 Å². The fraction of sp³-hybridized carbons (Fsp3) is 0.667. The summed E-state index contributed by atoms with van der Waals surface area (Å²) in [5.74, 6) is 0.683. The smallest absolute Gasteiger partial charge is 0.316 e. The molecule has 1 aromatic rings. The normalized spacial score (nSPS) is 15.2. The molecule has 2 heterocycles. The molecule has 1 saturated heterocycles. The lowest BCUT2D eigenvalue weighted by Gasteiger charge is -2.26. The second-order valence-corrected chi connectivity index (χ2v) is 5.36. The summed E-state index contributed by atoms with van der Waals surface area (Å²) >= 11 is 1.22. The first-order valence-electron chi connectivity index (χ1n) is 6.74. The minimum absolute atomic E-state index is 0.177. The Labute approximate surface area is 122 Å². The first kappa shape index (κ1) is 14.8. The molecule has 0 radical (unpaired) electrons. The third-order valence-corrected chi connectivity index (χ3v) is 3.70. The molecule has 110 valence electrons. The number of hydrogen-bond acceptors (Lipinski definition) is 8. The van der Waals surface area contributed by atoms with Gasteiger partial charge in [-0.2, -0.15) is 15.0 Å². The van der Waals surface area contributed by atoms with Gasteiger partial charge in [0.1, 0.15) is 0 Å². The third-order valence-electron chi connectivity index (χ3n) is 2.88. The van der Waals surface area contributed by atoms with Gasteiger partial charge in [-0.3, -0.25) is 4.79 Å². The number of nitrogens with zero attached hydrogens (tertiary/aromatic N) is 4. The minimum Gasteiger partial charge on any atom is -0.465 e. The van der Waals surface area contributed by atoms with Crippen LogP contribution in [0.4, 0.5) is 11.9 Å². The maximum absolute atomic E-state index is 11.3. The molecular weight excluding hydrogens is 278 g/mol. The summed E-state index contributed by atoms with van der Waals surface area (Å²) in [5, 5.41) is 0.464. The van der Waals surface area contributed by atoms with E-state index in [0.29, 0.717) is 17.7 Å². The van der Waals surface area contributed by atoms with Crippen LogP contribution in [-0.2, 0) is 9.53 Å². The third kappa shape index (κ3) is 4.22. The van der Waals surface area contributed by atoms with E-state index in [9.17, 15) is 4.79 Å². The van der Waals surface area contributed by atoms with Crippen molar-refractivity contribution in [2.75, 3.05) is 36.1 Å². The topological polar surface area (TPSA) is 94.2 Å². The van der Waals surface area contributed by atoms with E-state index in [2.05, 4.69) is 19.9 Å².